The first-order valence-corrected chi connectivity index (χ1v) is 6.63. The van der Waals surface area contributed by atoms with Crippen molar-refractivity contribution in [2.24, 2.45) is 5.41 Å². The molecule has 1 heterocycles. The highest BCUT2D eigenvalue weighted by molar-refractivity contribution is 5.18. The molecule has 0 bridgehead atoms. The Balaban J connectivity index is 1.78. The molecule has 4 heteroatoms. The molecule has 1 aromatic rings. The van der Waals surface area contributed by atoms with Crippen LogP contribution in [-0.4, -0.2) is 24.6 Å². The van der Waals surface area contributed by atoms with Crippen LogP contribution in [0.25, 0.3) is 0 Å². The molecule has 0 spiro atoms. The van der Waals surface area contributed by atoms with Gasteiger partial charge in [0, 0.05) is 11.8 Å². The molecule has 106 valence electrons. The van der Waals surface area contributed by atoms with Gasteiger partial charge in [0.05, 0.1) is 19.3 Å². The number of rotatable bonds is 4. The largest absolute Gasteiger partial charge is 0.388 e. The highest BCUT2D eigenvalue weighted by Gasteiger charge is 2.28. The van der Waals surface area contributed by atoms with Crippen LogP contribution in [-0.2, 0) is 9.47 Å². The zero-order chi connectivity index (χ0) is 13.9. The Morgan fingerprint density at radius 3 is 2.42 bits per heavy atom. The average molecular weight is 268 g/mol. The monoisotopic (exact) mass is 268 g/mol. The smallest absolute Gasteiger partial charge is 0.157 e. The zero-order valence-corrected chi connectivity index (χ0v) is 11.4. The number of ether oxygens (including phenoxy) is 2. The molecule has 1 fully saturated rings. The van der Waals surface area contributed by atoms with Gasteiger partial charge in [0.1, 0.15) is 5.82 Å². The first-order chi connectivity index (χ1) is 8.96. The second-order valence-corrected chi connectivity index (χ2v) is 5.86. The summed E-state index contributed by atoms with van der Waals surface area (Å²) in [4.78, 5) is 0. The van der Waals surface area contributed by atoms with Crippen LogP contribution in [0.1, 0.15) is 38.4 Å². The molecule has 0 aliphatic carbocycles. The third-order valence-corrected chi connectivity index (χ3v) is 3.25. The Bertz CT molecular complexity index is 392. The van der Waals surface area contributed by atoms with Crippen LogP contribution in [0.5, 0.6) is 0 Å². The normalized spacial score (nSPS) is 21.3. The molecular formula is C15H21FO3. The summed E-state index contributed by atoms with van der Waals surface area (Å²) < 4.78 is 24.0. The number of hydrogen-bond donors (Lipinski definition) is 1. The van der Waals surface area contributed by atoms with Gasteiger partial charge in [-0.3, -0.25) is 0 Å². The van der Waals surface area contributed by atoms with E-state index in [9.17, 15) is 9.50 Å². The van der Waals surface area contributed by atoms with Crippen LogP contribution in [0.2, 0.25) is 0 Å². The second-order valence-electron chi connectivity index (χ2n) is 5.86. The Morgan fingerprint density at radius 1 is 1.26 bits per heavy atom. The quantitative estimate of drug-likeness (QED) is 0.912. The van der Waals surface area contributed by atoms with Gasteiger partial charge in [-0.05, 0) is 24.1 Å². The third-order valence-electron chi connectivity index (χ3n) is 3.25. The predicted octanol–water partition coefficient (Wildman–Crippen LogP) is 3.04. The van der Waals surface area contributed by atoms with E-state index in [-0.39, 0.29) is 17.5 Å². The molecule has 1 unspecified atom stereocenters. The fraction of sp³-hybridized carbons (Fsp3) is 0.600. The van der Waals surface area contributed by atoms with Gasteiger partial charge in [-0.15, -0.1) is 0 Å². The first kappa shape index (κ1) is 14.4. The Labute approximate surface area is 113 Å². The van der Waals surface area contributed by atoms with Crippen molar-refractivity contribution in [1.82, 2.24) is 0 Å². The molecule has 0 aromatic heterocycles. The van der Waals surface area contributed by atoms with Crippen molar-refractivity contribution in [2.45, 2.75) is 39.1 Å². The summed E-state index contributed by atoms with van der Waals surface area (Å²) in [7, 11) is 0. The summed E-state index contributed by atoms with van der Waals surface area (Å²) in [5, 5.41) is 10.0. The van der Waals surface area contributed by atoms with Crippen LogP contribution in [0.3, 0.4) is 0 Å². The van der Waals surface area contributed by atoms with Gasteiger partial charge in [0.2, 0.25) is 0 Å². The highest BCUT2D eigenvalue weighted by Crippen LogP contribution is 2.27. The van der Waals surface area contributed by atoms with E-state index in [4.69, 9.17) is 9.47 Å². The van der Waals surface area contributed by atoms with Crippen molar-refractivity contribution in [2.75, 3.05) is 13.2 Å². The highest BCUT2D eigenvalue weighted by atomic mass is 19.1. The lowest BCUT2D eigenvalue weighted by molar-refractivity contribution is -0.225. The maximum atomic E-state index is 12.8. The molecular weight excluding hydrogens is 247 g/mol. The summed E-state index contributed by atoms with van der Waals surface area (Å²) in [6.07, 6.45) is 0.316. The van der Waals surface area contributed by atoms with Gasteiger partial charge in [0.25, 0.3) is 0 Å². The van der Waals surface area contributed by atoms with Gasteiger partial charge in [-0.2, -0.15) is 0 Å². The molecule has 0 amide bonds. The lowest BCUT2D eigenvalue weighted by atomic mass is 9.95. The van der Waals surface area contributed by atoms with Crippen molar-refractivity contribution in [3.63, 3.8) is 0 Å². The van der Waals surface area contributed by atoms with Gasteiger partial charge < -0.3 is 14.6 Å². The standard InChI is InChI=1S/C15H21FO3/c1-15(2)9-18-14(19-10-15)8-7-13(17)11-3-5-12(16)6-4-11/h3-6,13-14,17H,7-10H2,1-2H3. The van der Waals surface area contributed by atoms with E-state index in [1.807, 2.05) is 0 Å². The van der Waals surface area contributed by atoms with Gasteiger partial charge in [-0.25, -0.2) is 4.39 Å². The molecule has 1 N–H and O–H groups in total. The number of hydrogen-bond acceptors (Lipinski definition) is 3. The Hall–Kier alpha value is -0.970. The van der Waals surface area contributed by atoms with Crippen molar-refractivity contribution >= 4 is 0 Å². The molecule has 1 aliphatic heterocycles. The van der Waals surface area contributed by atoms with E-state index < -0.39 is 6.10 Å². The third kappa shape index (κ3) is 4.27. The molecule has 0 radical (unpaired) electrons. The van der Waals surface area contributed by atoms with E-state index in [1.165, 1.54) is 12.1 Å². The maximum absolute atomic E-state index is 12.8. The second kappa shape index (κ2) is 5.99. The fourth-order valence-corrected chi connectivity index (χ4v) is 2.04. The van der Waals surface area contributed by atoms with Gasteiger partial charge in [0.15, 0.2) is 6.29 Å². The van der Waals surface area contributed by atoms with E-state index in [2.05, 4.69) is 13.8 Å². The van der Waals surface area contributed by atoms with Gasteiger partial charge in [-0.1, -0.05) is 26.0 Å². The minimum Gasteiger partial charge on any atom is -0.388 e. The fourth-order valence-electron chi connectivity index (χ4n) is 2.04. The summed E-state index contributed by atoms with van der Waals surface area (Å²) in [6, 6.07) is 5.92. The van der Waals surface area contributed by atoms with Crippen molar-refractivity contribution in [1.29, 1.82) is 0 Å². The summed E-state index contributed by atoms with van der Waals surface area (Å²) in [5.41, 5.74) is 0.782. The van der Waals surface area contributed by atoms with E-state index >= 15 is 0 Å². The van der Waals surface area contributed by atoms with E-state index in [0.29, 0.717) is 26.1 Å². The van der Waals surface area contributed by atoms with Crippen LogP contribution >= 0.6 is 0 Å². The number of aliphatic hydroxyl groups excluding tert-OH is 1. The summed E-state index contributed by atoms with van der Waals surface area (Å²) >= 11 is 0. The lowest BCUT2D eigenvalue weighted by Gasteiger charge is -2.34. The lowest BCUT2D eigenvalue weighted by Crippen LogP contribution is -2.37. The van der Waals surface area contributed by atoms with Crippen LogP contribution in [0.4, 0.5) is 4.39 Å². The zero-order valence-electron chi connectivity index (χ0n) is 11.4. The maximum Gasteiger partial charge on any atom is 0.157 e. The molecule has 1 aromatic carbocycles. The van der Waals surface area contributed by atoms with Crippen molar-refractivity contribution < 1.29 is 19.0 Å². The minimum atomic E-state index is -0.609. The molecule has 2 rings (SSSR count). The first-order valence-electron chi connectivity index (χ1n) is 6.63. The predicted molar refractivity (Wildman–Crippen MR) is 70.1 cm³/mol. The van der Waals surface area contributed by atoms with Gasteiger partial charge >= 0.3 is 0 Å². The molecule has 1 aliphatic rings. The molecule has 1 atom stereocenters. The van der Waals surface area contributed by atoms with E-state index in [1.54, 1.807) is 12.1 Å². The number of aliphatic hydroxyl groups is 1. The number of benzene rings is 1. The summed E-state index contributed by atoms with van der Waals surface area (Å²) in [6.45, 7) is 5.53. The topological polar surface area (TPSA) is 38.7 Å². The molecule has 19 heavy (non-hydrogen) atoms. The SMILES string of the molecule is CC1(C)COC(CCC(O)c2ccc(F)cc2)OC1. The summed E-state index contributed by atoms with van der Waals surface area (Å²) in [5.74, 6) is -0.294. The average Bonchev–Trinajstić information content (AvgIpc) is 2.38. The minimum absolute atomic E-state index is 0.0616. The van der Waals surface area contributed by atoms with Crippen LogP contribution < -0.4 is 0 Å². The molecule has 3 nitrogen and oxygen atoms in total. The Kier molecular flexibility index (Phi) is 4.55. The Morgan fingerprint density at radius 2 is 1.84 bits per heavy atom. The van der Waals surface area contributed by atoms with Crippen LogP contribution in [0.15, 0.2) is 24.3 Å². The molecule has 1 saturated heterocycles. The van der Waals surface area contributed by atoms with Crippen LogP contribution in [0, 0.1) is 11.2 Å². The number of halogens is 1. The van der Waals surface area contributed by atoms with Crippen molar-refractivity contribution in [3.05, 3.63) is 35.6 Å². The molecule has 0 saturated carbocycles. The van der Waals surface area contributed by atoms with Crippen molar-refractivity contribution in [3.8, 4) is 0 Å². The van der Waals surface area contributed by atoms with E-state index in [0.717, 1.165) is 5.56 Å².